The van der Waals surface area contributed by atoms with Gasteiger partial charge in [-0.1, -0.05) is 0 Å². The zero-order valence-electron chi connectivity index (χ0n) is 13.0. The molecule has 1 aliphatic rings. The third-order valence-electron chi connectivity index (χ3n) is 3.26. The molecule has 1 saturated heterocycles. The van der Waals surface area contributed by atoms with Gasteiger partial charge in [-0.2, -0.15) is 0 Å². The van der Waals surface area contributed by atoms with Crippen LogP contribution in [-0.2, 0) is 9.53 Å². The molecule has 0 bridgehead atoms. The molecule has 1 fully saturated rings. The Bertz CT molecular complexity index is 365. The quantitative estimate of drug-likeness (QED) is 0.817. The van der Waals surface area contributed by atoms with Crippen molar-refractivity contribution in [1.29, 1.82) is 0 Å². The monoisotopic (exact) mass is 285 g/mol. The first-order chi connectivity index (χ1) is 9.11. The fraction of sp³-hybridized carbons (Fsp3) is 0.857. The maximum atomic E-state index is 12.1. The molecule has 0 aromatic rings. The number of nitrogens with two attached hydrogens (primary N) is 1. The minimum absolute atomic E-state index is 0.0617. The summed E-state index contributed by atoms with van der Waals surface area (Å²) >= 11 is 0. The normalized spacial score (nSPS) is 23.4. The number of piperidine rings is 1. The smallest absolute Gasteiger partial charge is 0.410 e. The van der Waals surface area contributed by atoms with Gasteiger partial charge in [-0.3, -0.25) is 4.79 Å². The third-order valence-corrected chi connectivity index (χ3v) is 3.26. The van der Waals surface area contributed by atoms with Crippen LogP contribution in [0, 0.1) is 0 Å². The topological polar surface area (TPSA) is 84.7 Å². The Balaban J connectivity index is 2.52. The number of hydrogen-bond acceptors (Lipinski definition) is 4. The van der Waals surface area contributed by atoms with E-state index < -0.39 is 11.1 Å². The van der Waals surface area contributed by atoms with Crippen molar-refractivity contribution in [1.82, 2.24) is 10.2 Å². The van der Waals surface area contributed by atoms with Crippen LogP contribution in [0.25, 0.3) is 0 Å². The number of nitrogens with one attached hydrogen (secondary N) is 1. The summed E-state index contributed by atoms with van der Waals surface area (Å²) in [5.41, 5.74) is 5.39. The van der Waals surface area contributed by atoms with Crippen molar-refractivity contribution in [3.63, 3.8) is 0 Å². The maximum absolute atomic E-state index is 12.1. The first-order valence-corrected chi connectivity index (χ1v) is 7.13. The molecule has 20 heavy (non-hydrogen) atoms. The summed E-state index contributed by atoms with van der Waals surface area (Å²) in [5.74, 6) is -0.0617. The zero-order chi connectivity index (χ0) is 15.4. The predicted molar refractivity (Wildman–Crippen MR) is 77.3 cm³/mol. The van der Waals surface area contributed by atoms with Crippen molar-refractivity contribution in [3.8, 4) is 0 Å². The lowest BCUT2D eigenvalue weighted by Gasteiger charge is -2.40. The summed E-state index contributed by atoms with van der Waals surface area (Å²) in [6.07, 6.45) is 2.06. The van der Waals surface area contributed by atoms with Crippen LogP contribution < -0.4 is 11.1 Å². The van der Waals surface area contributed by atoms with E-state index in [1.54, 1.807) is 4.90 Å². The van der Waals surface area contributed by atoms with Gasteiger partial charge in [0.25, 0.3) is 0 Å². The molecule has 1 aliphatic heterocycles. The molecule has 6 nitrogen and oxygen atoms in total. The van der Waals surface area contributed by atoms with E-state index in [1.807, 2.05) is 20.8 Å². The molecule has 0 radical (unpaired) electrons. The van der Waals surface area contributed by atoms with Gasteiger partial charge < -0.3 is 20.7 Å². The van der Waals surface area contributed by atoms with Crippen molar-refractivity contribution >= 4 is 12.0 Å². The number of rotatable bonds is 3. The van der Waals surface area contributed by atoms with Crippen LogP contribution >= 0.6 is 0 Å². The molecule has 2 amide bonds. The van der Waals surface area contributed by atoms with E-state index in [0.717, 1.165) is 12.8 Å². The fourth-order valence-corrected chi connectivity index (χ4v) is 2.33. The summed E-state index contributed by atoms with van der Waals surface area (Å²) in [4.78, 5) is 24.6. The summed E-state index contributed by atoms with van der Waals surface area (Å²) in [5, 5.41) is 2.75. The number of hydrogen-bond donors (Lipinski definition) is 2. The van der Waals surface area contributed by atoms with Gasteiger partial charge in [0.05, 0.1) is 0 Å². The molecule has 0 aromatic carbocycles. The third kappa shape index (κ3) is 5.77. The molecule has 0 spiro atoms. The first kappa shape index (κ1) is 16.8. The molecule has 3 N–H and O–H groups in total. The Morgan fingerprint density at radius 2 is 2.05 bits per heavy atom. The van der Waals surface area contributed by atoms with Gasteiger partial charge in [0, 0.05) is 32.1 Å². The Morgan fingerprint density at radius 3 is 2.60 bits per heavy atom. The number of nitrogens with zero attached hydrogens (tertiary/aromatic N) is 1. The summed E-state index contributed by atoms with van der Waals surface area (Å²) in [6.45, 7) is 8.71. The Kier molecular flexibility index (Phi) is 5.39. The zero-order valence-corrected chi connectivity index (χ0v) is 13.0. The van der Waals surface area contributed by atoms with Crippen molar-refractivity contribution in [2.45, 2.75) is 58.1 Å². The molecule has 6 heteroatoms. The van der Waals surface area contributed by atoms with Gasteiger partial charge >= 0.3 is 6.09 Å². The maximum Gasteiger partial charge on any atom is 0.410 e. The van der Waals surface area contributed by atoms with Crippen LogP contribution in [0.2, 0.25) is 0 Å². The highest BCUT2D eigenvalue weighted by Crippen LogP contribution is 2.23. The fourth-order valence-electron chi connectivity index (χ4n) is 2.33. The van der Waals surface area contributed by atoms with Crippen LogP contribution in [0.1, 0.15) is 47.0 Å². The van der Waals surface area contributed by atoms with Crippen molar-refractivity contribution < 1.29 is 14.3 Å². The molecular formula is C14H27N3O3. The van der Waals surface area contributed by atoms with E-state index in [9.17, 15) is 9.59 Å². The molecule has 1 heterocycles. The van der Waals surface area contributed by atoms with E-state index in [2.05, 4.69) is 5.32 Å². The number of likely N-dealkylation sites (tertiary alicyclic amines) is 1. The summed E-state index contributed by atoms with van der Waals surface area (Å²) < 4.78 is 5.37. The Morgan fingerprint density at radius 1 is 1.40 bits per heavy atom. The van der Waals surface area contributed by atoms with E-state index >= 15 is 0 Å². The highest BCUT2D eigenvalue weighted by molar-refractivity contribution is 5.72. The van der Waals surface area contributed by atoms with Gasteiger partial charge in [-0.05, 0) is 40.0 Å². The Labute approximate surface area is 121 Å². The predicted octanol–water partition coefficient (Wildman–Crippen LogP) is 1.24. The van der Waals surface area contributed by atoms with E-state index in [-0.39, 0.29) is 12.0 Å². The number of carbonyl (C=O) groups excluding carboxylic acids is 2. The molecule has 0 saturated carbocycles. The van der Waals surface area contributed by atoms with Crippen molar-refractivity contribution in [3.05, 3.63) is 0 Å². The molecule has 1 atom stereocenters. The van der Waals surface area contributed by atoms with Crippen LogP contribution in [0.15, 0.2) is 0 Å². The summed E-state index contributed by atoms with van der Waals surface area (Å²) in [7, 11) is 0. The minimum Gasteiger partial charge on any atom is -0.444 e. The lowest BCUT2D eigenvalue weighted by Crippen LogP contribution is -2.57. The molecule has 1 rings (SSSR count). The molecule has 0 aromatic heterocycles. The first-order valence-electron chi connectivity index (χ1n) is 7.13. The van der Waals surface area contributed by atoms with Gasteiger partial charge in [0.1, 0.15) is 5.60 Å². The van der Waals surface area contributed by atoms with Gasteiger partial charge in [-0.25, -0.2) is 4.79 Å². The van der Waals surface area contributed by atoms with E-state index in [0.29, 0.717) is 26.1 Å². The Hall–Kier alpha value is -1.30. The molecule has 1 unspecified atom stereocenters. The number of amides is 2. The van der Waals surface area contributed by atoms with E-state index in [4.69, 9.17) is 10.5 Å². The lowest BCUT2D eigenvalue weighted by atomic mass is 9.87. The highest BCUT2D eigenvalue weighted by Gasteiger charge is 2.35. The summed E-state index contributed by atoms with van der Waals surface area (Å²) in [6, 6.07) is 0. The average Bonchev–Trinajstić information content (AvgIpc) is 2.25. The molecule has 116 valence electrons. The second-order valence-corrected chi connectivity index (χ2v) is 6.60. The largest absolute Gasteiger partial charge is 0.444 e. The molecule has 0 aliphatic carbocycles. The molecular weight excluding hydrogens is 258 g/mol. The second kappa shape index (κ2) is 6.43. The van der Waals surface area contributed by atoms with Gasteiger partial charge in [-0.15, -0.1) is 0 Å². The average molecular weight is 285 g/mol. The van der Waals surface area contributed by atoms with E-state index in [1.165, 1.54) is 6.92 Å². The van der Waals surface area contributed by atoms with Gasteiger partial charge in [0.2, 0.25) is 5.91 Å². The number of ether oxygens (including phenoxy) is 1. The number of carbonyl (C=O) groups is 2. The van der Waals surface area contributed by atoms with Crippen LogP contribution in [0.4, 0.5) is 4.79 Å². The standard InChI is InChI=1S/C14H27N3O3/c1-11(18)16-8-7-14(15)6-5-9-17(10-14)12(19)20-13(2,3)4/h5-10,15H2,1-4H3,(H,16,18). The highest BCUT2D eigenvalue weighted by atomic mass is 16.6. The van der Waals surface area contributed by atoms with Crippen LogP contribution in [0.5, 0.6) is 0 Å². The van der Waals surface area contributed by atoms with Crippen LogP contribution in [0.3, 0.4) is 0 Å². The van der Waals surface area contributed by atoms with Crippen LogP contribution in [-0.4, -0.2) is 47.7 Å². The van der Waals surface area contributed by atoms with Gasteiger partial charge in [0.15, 0.2) is 0 Å². The van der Waals surface area contributed by atoms with Crippen molar-refractivity contribution in [2.75, 3.05) is 19.6 Å². The second-order valence-electron chi connectivity index (χ2n) is 6.60. The lowest BCUT2D eigenvalue weighted by molar-refractivity contribution is -0.119. The minimum atomic E-state index is -0.498. The van der Waals surface area contributed by atoms with Crippen molar-refractivity contribution in [2.24, 2.45) is 5.73 Å². The SMILES string of the molecule is CC(=O)NCCC1(N)CCCN(C(=O)OC(C)(C)C)C1.